The van der Waals surface area contributed by atoms with Gasteiger partial charge < -0.3 is 10.5 Å². The Bertz CT molecular complexity index is 768. The number of ether oxygens (including phenoxy) is 1. The molecule has 5 nitrogen and oxygen atoms in total. The van der Waals surface area contributed by atoms with Crippen molar-refractivity contribution in [2.45, 2.75) is 0 Å². The molecule has 5 heteroatoms. The van der Waals surface area contributed by atoms with E-state index >= 15 is 0 Å². The number of hydrogen-bond donors (Lipinski definition) is 2. The Hall–Kier alpha value is -2.95. The first-order valence-corrected chi connectivity index (χ1v) is 6.05. The lowest BCUT2D eigenvalue weighted by atomic mass is 10.2. The maximum absolute atomic E-state index is 7.28. The highest BCUT2D eigenvalue weighted by Crippen LogP contribution is 2.24. The van der Waals surface area contributed by atoms with Crippen molar-refractivity contribution in [1.29, 1.82) is 5.41 Å². The zero-order valence-electron chi connectivity index (χ0n) is 10.6. The summed E-state index contributed by atoms with van der Waals surface area (Å²) < 4.78 is 5.71. The van der Waals surface area contributed by atoms with Gasteiger partial charge in [-0.05, 0) is 30.3 Å². The molecule has 20 heavy (non-hydrogen) atoms. The second kappa shape index (κ2) is 4.97. The van der Waals surface area contributed by atoms with Crippen molar-refractivity contribution in [3.63, 3.8) is 0 Å². The molecular weight excluding hydrogens is 252 g/mol. The fourth-order valence-electron chi connectivity index (χ4n) is 1.85. The van der Waals surface area contributed by atoms with Crippen molar-refractivity contribution in [1.82, 2.24) is 9.97 Å². The number of nitrogens with zero attached hydrogens (tertiary/aromatic N) is 2. The molecule has 0 saturated carbocycles. The van der Waals surface area contributed by atoms with E-state index in [2.05, 4.69) is 9.97 Å². The summed E-state index contributed by atoms with van der Waals surface area (Å²) in [5.74, 6) is 1.21. The largest absolute Gasteiger partial charge is 0.456 e. The van der Waals surface area contributed by atoms with Gasteiger partial charge in [0.15, 0.2) is 0 Å². The van der Waals surface area contributed by atoms with E-state index in [-0.39, 0.29) is 5.84 Å². The Labute approximate surface area is 115 Å². The van der Waals surface area contributed by atoms with Gasteiger partial charge in [0.2, 0.25) is 0 Å². The van der Waals surface area contributed by atoms with Gasteiger partial charge in [0.05, 0.1) is 11.7 Å². The lowest BCUT2D eigenvalue weighted by molar-refractivity contribution is 0.481. The number of aromatic nitrogens is 2. The van der Waals surface area contributed by atoms with Crippen molar-refractivity contribution in [3.8, 4) is 11.5 Å². The average molecular weight is 264 g/mol. The van der Waals surface area contributed by atoms with Crippen molar-refractivity contribution >= 4 is 16.7 Å². The molecule has 0 saturated heterocycles. The zero-order valence-corrected chi connectivity index (χ0v) is 10.6. The van der Waals surface area contributed by atoms with Gasteiger partial charge >= 0.3 is 0 Å². The topological polar surface area (TPSA) is 84.9 Å². The summed E-state index contributed by atoms with van der Waals surface area (Å²) in [6.07, 6.45) is 3.29. The van der Waals surface area contributed by atoms with Gasteiger partial charge in [0.1, 0.15) is 23.0 Å². The molecule has 0 bridgehead atoms. The predicted octanol–water partition coefficient (Wildman–Crippen LogP) is 2.71. The molecule has 0 aliphatic carbocycles. The molecule has 0 amide bonds. The van der Waals surface area contributed by atoms with Crippen LogP contribution < -0.4 is 10.5 Å². The highest BCUT2D eigenvalue weighted by atomic mass is 16.5. The van der Waals surface area contributed by atoms with Crippen LogP contribution in [-0.2, 0) is 0 Å². The second-order valence-electron chi connectivity index (χ2n) is 4.25. The Morgan fingerprint density at radius 3 is 2.65 bits per heavy atom. The Kier molecular flexibility index (Phi) is 3.01. The maximum Gasteiger partial charge on any atom is 0.145 e. The quantitative estimate of drug-likeness (QED) is 0.562. The molecule has 0 atom stereocenters. The van der Waals surface area contributed by atoms with Crippen LogP contribution in [0.5, 0.6) is 11.5 Å². The fourth-order valence-corrected chi connectivity index (χ4v) is 1.85. The van der Waals surface area contributed by atoms with E-state index in [1.807, 2.05) is 30.3 Å². The highest BCUT2D eigenvalue weighted by molar-refractivity contribution is 5.92. The highest BCUT2D eigenvalue weighted by Gasteiger charge is 2.02. The van der Waals surface area contributed by atoms with E-state index in [1.165, 1.54) is 0 Å². The predicted molar refractivity (Wildman–Crippen MR) is 77.1 cm³/mol. The molecule has 98 valence electrons. The third-order valence-corrected chi connectivity index (χ3v) is 2.83. The van der Waals surface area contributed by atoms with E-state index in [9.17, 15) is 0 Å². The number of nitrogen functional groups attached to an aromatic ring is 1. The van der Waals surface area contributed by atoms with Crippen molar-refractivity contribution in [3.05, 3.63) is 60.6 Å². The van der Waals surface area contributed by atoms with Gasteiger partial charge in [-0.2, -0.15) is 0 Å². The van der Waals surface area contributed by atoms with Crippen LogP contribution in [0, 0.1) is 5.41 Å². The number of hydrogen-bond acceptors (Lipinski definition) is 4. The van der Waals surface area contributed by atoms with Crippen LogP contribution in [0.4, 0.5) is 0 Å². The molecule has 0 radical (unpaired) electrons. The minimum Gasteiger partial charge on any atom is -0.456 e. The number of nitrogens with one attached hydrogen (secondary N) is 1. The van der Waals surface area contributed by atoms with E-state index < -0.39 is 0 Å². The molecule has 2 aromatic heterocycles. The summed E-state index contributed by atoms with van der Waals surface area (Å²) in [6, 6.07) is 13.0. The van der Waals surface area contributed by atoms with Gasteiger partial charge in [0, 0.05) is 17.6 Å². The summed E-state index contributed by atoms with van der Waals surface area (Å²) in [6.45, 7) is 0. The fraction of sp³-hybridized carbons (Fsp3) is 0. The molecular formula is C15H12N4O. The summed E-state index contributed by atoms with van der Waals surface area (Å²) in [5, 5.41) is 8.34. The van der Waals surface area contributed by atoms with Crippen LogP contribution in [0.3, 0.4) is 0 Å². The van der Waals surface area contributed by atoms with E-state index in [1.54, 1.807) is 24.5 Å². The smallest absolute Gasteiger partial charge is 0.145 e. The maximum atomic E-state index is 7.28. The first-order valence-electron chi connectivity index (χ1n) is 6.05. The Balaban J connectivity index is 1.87. The second-order valence-corrected chi connectivity index (χ2v) is 4.25. The molecule has 1 aromatic carbocycles. The number of fused-ring (bicyclic) bond motifs is 1. The first-order chi connectivity index (χ1) is 9.72. The number of rotatable bonds is 3. The molecule has 3 aromatic rings. The van der Waals surface area contributed by atoms with Crippen molar-refractivity contribution in [2.24, 2.45) is 5.73 Å². The number of benzene rings is 1. The van der Waals surface area contributed by atoms with Gasteiger partial charge in [-0.15, -0.1) is 0 Å². The summed E-state index contributed by atoms with van der Waals surface area (Å²) in [4.78, 5) is 8.33. The molecule has 3 rings (SSSR count). The average Bonchev–Trinajstić information content (AvgIpc) is 2.48. The number of pyridine rings is 2. The Morgan fingerprint density at radius 1 is 1.05 bits per heavy atom. The monoisotopic (exact) mass is 264 g/mol. The lowest BCUT2D eigenvalue weighted by Gasteiger charge is -2.06. The van der Waals surface area contributed by atoms with Crippen molar-refractivity contribution in [2.75, 3.05) is 0 Å². The molecule has 2 heterocycles. The van der Waals surface area contributed by atoms with E-state index in [0.29, 0.717) is 17.2 Å². The minimum absolute atomic E-state index is 0.0635. The van der Waals surface area contributed by atoms with Crippen LogP contribution in [-0.4, -0.2) is 15.8 Å². The van der Waals surface area contributed by atoms with Crippen LogP contribution in [0.25, 0.3) is 10.9 Å². The van der Waals surface area contributed by atoms with E-state index in [4.69, 9.17) is 15.9 Å². The van der Waals surface area contributed by atoms with Crippen LogP contribution in [0.1, 0.15) is 5.69 Å². The molecule has 0 aliphatic rings. The summed E-state index contributed by atoms with van der Waals surface area (Å²) in [7, 11) is 0. The van der Waals surface area contributed by atoms with E-state index in [0.717, 1.165) is 10.9 Å². The first kappa shape index (κ1) is 12.1. The van der Waals surface area contributed by atoms with Gasteiger partial charge in [-0.1, -0.05) is 6.07 Å². The summed E-state index contributed by atoms with van der Waals surface area (Å²) >= 11 is 0. The number of amidine groups is 1. The van der Waals surface area contributed by atoms with Crippen LogP contribution in [0.15, 0.2) is 54.9 Å². The summed E-state index contributed by atoms with van der Waals surface area (Å²) in [5.41, 5.74) is 6.65. The molecule has 0 aliphatic heterocycles. The zero-order chi connectivity index (χ0) is 13.9. The normalized spacial score (nSPS) is 10.4. The van der Waals surface area contributed by atoms with Gasteiger partial charge in [-0.3, -0.25) is 10.4 Å². The van der Waals surface area contributed by atoms with Crippen molar-refractivity contribution < 1.29 is 4.74 Å². The number of nitrogens with two attached hydrogens (primary N) is 1. The van der Waals surface area contributed by atoms with Crippen LogP contribution >= 0.6 is 0 Å². The molecule has 0 unspecified atom stereocenters. The lowest BCUT2D eigenvalue weighted by Crippen LogP contribution is -2.12. The molecule has 0 spiro atoms. The Morgan fingerprint density at radius 2 is 1.90 bits per heavy atom. The molecule has 3 N–H and O–H groups in total. The van der Waals surface area contributed by atoms with Crippen LogP contribution in [0.2, 0.25) is 0 Å². The molecule has 0 fully saturated rings. The standard InChI is InChI=1S/C15H12N4O/c16-15(17)13-6-5-12(9-19-13)20-11-4-3-10-2-1-7-18-14(10)8-11/h1-9H,(H3,16,17). The SMILES string of the molecule is N=C(N)c1ccc(Oc2ccc3cccnc3c2)cn1. The minimum atomic E-state index is -0.0635. The van der Waals surface area contributed by atoms with Gasteiger partial charge in [-0.25, -0.2) is 4.98 Å². The van der Waals surface area contributed by atoms with Gasteiger partial charge in [0.25, 0.3) is 0 Å². The third-order valence-electron chi connectivity index (χ3n) is 2.83. The third kappa shape index (κ3) is 2.42.